The molecule has 1 aliphatic rings. The highest BCUT2D eigenvalue weighted by Gasteiger charge is 2.32. The van der Waals surface area contributed by atoms with E-state index in [0.29, 0.717) is 18.9 Å². The predicted octanol–water partition coefficient (Wildman–Crippen LogP) is 1.45. The molecule has 1 aliphatic heterocycles. The van der Waals surface area contributed by atoms with Gasteiger partial charge in [-0.15, -0.1) is 11.8 Å². The molecule has 5 nitrogen and oxygen atoms in total. The van der Waals surface area contributed by atoms with Gasteiger partial charge in [-0.05, 0) is 38.1 Å². The molecule has 1 amide bonds. The molecule has 0 saturated carbocycles. The summed E-state index contributed by atoms with van der Waals surface area (Å²) in [6, 6.07) is 5.84. The van der Waals surface area contributed by atoms with Crippen LogP contribution in [0.4, 0.5) is 0 Å². The standard InChI is InChI=1S/C16H25N3O2S/c1-21-13-16(5-8-17-9-6-16)12-19-15(20)11-22-10-14-4-2-3-7-18-14/h2-4,7,17H,5-6,8-13H2,1H3,(H,19,20). The fourth-order valence-corrected chi connectivity index (χ4v) is 3.47. The lowest BCUT2D eigenvalue weighted by molar-refractivity contribution is -0.119. The van der Waals surface area contributed by atoms with Crippen LogP contribution in [-0.2, 0) is 15.3 Å². The van der Waals surface area contributed by atoms with E-state index >= 15 is 0 Å². The summed E-state index contributed by atoms with van der Waals surface area (Å²) in [6.07, 6.45) is 3.87. The minimum absolute atomic E-state index is 0.0846. The molecule has 0 aliphatic carbocycles. The third-order valence-corrected chi connectivity index (χ3v) is 4.95. The van der Waals surface area contributed by atoms with E-state index in [4.69, 9.17) is 4.74 Å². The van der Waals surface area contributed by atoms with Crippen molar-refractivity contribution in [1.82, 2.24) is 15.6 Å². The number of ether oxygens (including phenoxy) is 1. The average molecular weight is 323 g/mol. The van der Waals surface area contributed by atoms with Gasteiger partial charge in [0.1, 0.15) is 0 Å². The van der Waals surface area contributed by atoms with Crippen molar-refractivity contribution in [2.75, 3.05) is 39.1 Å². The molecule has 2 rings (SSSR count). The number of amides is 1. The van der Waals surface area contributed by atoms with Crippen molar-refractivity contribution >= 4 is 17.7 Å². The summed E-state index contributed by atoms with van der Waals surface area (Å²) >= 11 is 1.60. The number of carbonyl (C=O) groups is 1. The number of methoxy groups -OCH3 is 1. The van der Waals surface area contributed by atoms with E-state index < -0.39 is 0 Å². The molecule has 1 fully saturated rings. The predicted molar refractivity (Wildman–Crippen MR) is 89.8 cm³/mol. The lowest BCUT2D eigenvalue weighted by Crippen LogP contribution is -2.47. The zero-order valence-electron chi connectivity index (χ0n) is 13.1. The first-order chi connectivity index (χ1) is 10.7. The Morgan fingerprint density at radius 2 is 2.27 bits per heavy atom. The Morgan fingerprint density at radius 1 is 1.45 bits per heavy atom. The van der Waals surface area contributed by atoms with Crippen LogP contribution in [-0.4, -0.2) is 50.0 Å². The van der Waals surface area contributed by atoms with Gasteiger partial charge in [-0.25, -0.2) is 0 Å². The number of pyridine rings is 1. The van der Waals surface area contributed by atoms with Crippen molar-refractivity contribution in [3.05, 3.63) is 30.1 Å². The second-order valence-electron chi connectivity index (χ2n) is 5.77. The second kappa shape index (κ2) is 9.12. The third-order valence-electron chi connectivity index (χ3n) is 3.98. The maximum atomic E-state index is 12.0. The van der Waals surface area contributed by atoms with Gasteiger partial charge in [-0.2, -0.15) is 0 Å². The Balaban J connectivity index is 1.69. The van der Waals surface area contributed by atoms with Gasteiger partial charge in [0, 0.05) is 31.0 Å². The SMILES string of the molecule is COCC1(CNC(=O)CSCc2ccccn2)CCNCC1. The molecule has 0 aromatic carbocycles. The zero-order valence-corrected chi connectivity index (χ0v) is 14.0. The Bertz CT molecular complexity index is 444. The number of rotatable bonds is 8. The molecule has 1 saturated heterocycles. The normalized spacial score (nSPS) is 17.1. The molecule has 1 aromatic heterocycles. The highest BCUT2D eigenvalue weighted by atomic mass is 32.2. The van der Waals surface area contributed by atoms with Gasteiger partial charge in [0.05, 0.1) is 18.1 Å². The fourth-order valence-electron chi connectivity index (χ4n) is 2.70. The van der Waals surface area contributed by atoms with Crippen molar-refractivity contribution in [1.29, 1.82) is 0 Å². The largest absolute Gasteiger partial charge is 0.384 e. The first-order valence-corrected chi connectivity index (χ1v) is 8.84. The van der Waals surface area contributed by atoms with Crippen LogP contribution in [0.1, 0.15) is 18.5 Å². The van der Waals surface area contributed by atoms with Crippen LogP contribution in [0, 0.1) is 5.41 Å². The molecule has 0 unspecified atom stereocenters. The molecular formula is C16H25N3O2S. The molecule has 0 atom stereocenters. The Hall–Kier alpha value is -1.11. The van der Waals surface area contributed by atoms with E-state index in [9.17, 15) is 4.79 Å². The van der Waals surface area contributed by atoms with Crippen LogP contribution >= 0.6 is 11.8 Å². The summed E-state index contributed by atoms with van der Waals surface area (Å²) in [7, 11) is 1.73. The Morgan fingerprint density at radius 3 is 2.95 bits per heavy atom. The molecule has 0 radical (unpaired) electrons. The molecule has 0 spiro atoms. The maximum absolute atomic E-state index is 12.0. The van der Waals surface area contributed by atoms with Crippen LogP contribution < -0.4 is 10.6 Å². The van der Waals surface area contributed by atoms with Gasteiger partial charge in [0.2, 0.25) is 5.91 Å². The number of nitrogens with one attached hydrogen (secondary N) is 2. The summed E-state index contributed by atoms with van der Waals surface area (Å²) in [5, 5.41) is 6.44. The molecule has 2 N–H and O–H groups in total. The summed E-state index contributed by atoms with van der Waals surface area (Å²) in [4.78, 5) is 16.3. The van der Waals surface area contributed by atoms with Crippen LogP contribution in [0.15, 0.2) is 24.4 Å². The summed E-state index contributed by atoms with van der Waals surface area (Å²) < 4.78 is 5.36. The van der Waals surface area contributed by atoms with E-state index in [-0.39, 0.29) is 11.3 Å². The molecular weight excluding hydrogens is 298 g/mol. The first-order valence-electron chi connectivity index (χ1n) is 7.68. The van der Waals surface area contributed by atoms with E-state index in [1.165, 1.54) is 0 Å². The molecule has 122 valence electrons. The van der Waals surface area contributed by atoms with Gasteiger partial charge < -0.3 is 15.4 Å². The van der Waals surface area contributed by atoms with Crippen LogP contribution in [0.25, 0.3) is 0 Å². The van der Waals surface area contributed by atoms with Crippen LogP contribution in [0.3, 0.4) is 0 Å². The minimum atomic E-state index is 0.0846. The molecule has 2 heterocycles. The molecule has 22 heavy (non-hydrogen) atoms. The van der Waals surface area contributed by atoms with E-state index in [0.717, 1.165) is 37.4 Å². The number of aromatic nitrogens is 1. The first kappa shape index (κ1) is 17.2. The van der Waals surface area contributed by atoms with Crippen LogP contribution in [0.2, 0.25) is 0 Å². The van der Waals surface area contributed by atoms with Crippen molar-refractivity contribution < 1.29 is 9.53 Å². The third kappa shape index (κ3) is 5.59. The van der Waals surface area contributed by atoms with E-state index in [2.05, 4.69) is 15.6 Å². The lowest BCUT2D eigenvalue weighted by atomic mass is 9.79. The van der Waals surface area contributed by atoms with Gasteiger partial charge in [0.25, 0.3) is 0 Å². The smallest absolute Gasteiger partial charge is 0.230 e. The quantitative estimate of drug-likeness (QED) is 0.758. The monoisotopic (exact) mass is 323 g/mol. The van der Waals surface area contributed by atoms with Gasteiger partial charge in [-0.3, -0.25) is 9.78 Å². The van der Waals surface area contributed by atoms with Crippen molar-refractivity contribution in [2.24, 2.45) is 5.41 Å². The zero-order chi connectivity index (χ0) is 15.7. The number of thioether (sulfide) groups is 1. The molecule has 6 heteroatoms. The second-order valence-corrected chi connectivity index (χ2v) is 6.76. The summed E-state index contributed by atoms with van der Waals surface area (Å²) in [5.74, 6) is 1.33. The Labute approximate surface area is 136 Å². The van der Waals surface area contributed by atoms with Gasteiger partial charge in [-0.1, -0.05) is 6.07 Å². The van der Waals surface area contributed by atoms with Crippen molar-refractivity contribution in [3.63, 3.8) is 0 Å². The molecule has 1 aromatic rings. The number of nitrogens with zero attached hydrogens (tertiary/aromatic N) is 1. The van der Waals surface area contributed by atoms with Gasteiger partial charge in [0.15, 0.2) is 0 Å². The topological polar surface area (TPSA) is 63.2 Å². The van der Waals surface area contributed by atoms with Crippen LogP contribution in [0.5, 0.6) is 0 Å². The van der Waals surface area contributed by atoms with Gasteiger partial charge >= 0.3 is 0 Å². The van der Waals surface area contributed by atoms with E-state index in [1.807, 2.05) is 18.2 Å². The lowest BCUT2D eigenvalue weighted by Gasteiger charge is -2.37. The summed E-state index contributed by atoms with van der Waals surface area (Å²) in [6.45, 7) is 3.39. The average Bonchev–Trinajstić information content (AvgIpc) is 2.55. The minimum Gasteiger partial charge on any atom is -0.384 e. The number of piperidine rings is 1. The van der Waals surface area contributed by atoms with Crippen molar-refractivity contribution in [2.45, 2.75) is 18.6 Å². The Kier molecular flexibility index (Phi) is 7.15. The number of hydrogen-bond donors (Lipinski definition) is 2. The highest BCUT2D eigenvalue weighted by Crippen LogP contribution is 2.28. The maximum Gasteiger partial charge on any atom is 0.230 e. The highest BCUT2D eigenvalue weighted by molar-refractivity contribution is 7.99. The fraction of sp³-hybridized carbons (Fsp3) is 0.625. The molecule has 0 bridgehead atoms. The van der Waals surface area contributed by atoms with Crippen molar-refractivity contribution in [3.8, 4) is 0 Å². The van der Waals surface area contributed by atoms with E-state index in [1.54, 1.807) is 25.1 Å². The number of hydrogen-bond acceptors (Lipinski definition) is 5. The summed E-state index contributed by atoms with van der Waals surface area (Å²) in [5.41, 5.74) is 1.09. The number of carbonyl (C=O) groups excluding carboxylic acids is 1.